The van der Waals surface area contributed by atoms with Gasteiger partial charge in [0.25, 0.3) is 5.91 Å². The zero-order chi connectivity index (χ0) is 18.2. The molecule has 0 atom stereocenters. The van der Waals surface area contributed by atoms with Crippen molar-refractivity contribution in [2.45, 2.75) is 6.42 Å². The summed E-state index contributed by atoms with van der Waals surface area (Å²) in [6.45, 7) is 1.26. The second-order valence-corrected chi connectivity index (χ2v) is 5.56. The summed E-state index contributed by atoms with van der Waals surface area (Å²) < 4.78 is 13.4. The Morgan fingerprint density at radius 1 is 1.12 bits per heavy atom. The number of urea groups is 1. The number of carbonyl (C=O) groups excluding carboxylic acids is 2. The molecule has 0 aromatic heterocycles. The Morgan fingerprint density at radius 3 is 2.52 bits per heavy atom. The molecule has 132 valence electrons. The molecule has 25 heavy (non-hydrogen) atoms. The second kappa shape index (κ2) is 8.68. The third-order valence-corrected chi connectivity index (χ3v) is 3.60. The Hall–Kier alpha value is -3.09. The molecule has 0 saturated carbocycles. The fourth-order valence-electron chi connectivity index (χ4n) is 2.22. The van der Waals surface area contributed by atoms with Crippen molar-refractivity contribution in [3.63, 3.8) is 0 Å². The molecule has 0 saturated heterocycles. The maximum absolute atomic E-state index is 13.4. The number of para-hydroxylation sites is 1. The molecule has 0 fully saturated rings. The van der Waals surface area contributed by atoms with Crippen LogP contribution in [0.15, 0.2) is 48.5 Å². The minimum Gasteiger partial charge on any atom is -0.385 e. The number of halogens is 1. The van der Waals surface area contributed by atoms with Crippen molar-refractivity contribution in [1.82, 2.24) is 4.90 Å². The maximum atomic E-state index is 13.4. The zero-order valence-corrected chi connectivity index (χ0v) is 14.0. The van der Waals surface area contributed by atoms with Gasteiger partial charge in [0.15, 0.2) is 0 Å². The van der Waals surface area contributed by atoms with Crippen LogP contribution in [0.2, 0.25) is 0 Å². The highest BCUT2D eigenvalue weighted by atomic mass is 19.1. The number of anilines is 2. The predicted octanol–water partition coefficient (Wildman–Crippen LogP) is 2.89. The second-order valence-electron chi connectivity index (χ2n) is 5.56. The van der Waals surface area contributed by atoms with Gasteiger partial charge in [-0.3, -0.25) is 4.79 Å². The number of nitrogens with two attached hydrogens (primary N) is 1. The minimum absolute atomic E-state index is 0.257. The largest absolute Gasteiger partial charge is 0.385 e. The number of primary amides is 1. The number of hydrogen-bond donors (Lipinski definition) is 3. The lowest BCUT2D eigenvalue weighted by molar-refractivity contribution is 0.0996. The van der Waals surface area contributed by atoms with Gasteiger partial charge in [-0.2, -0.15) is 0 Å². The smallest absolute Gasteiger partial charge is 0.321 e. The summed E-state index contributed by atoms with van der Waals surface area (Å²) in [5, 5.41) is 5.88. The monoisotopic (exact) mass is 344 g/mol. The van der Waals surface area contributed by atoms with E-state index in [1.807, 2.05) is 30.3 Å². The van der Waals surface area contributed by atoms with Crippen LogP contribution in [0.1, 0.15) is 16.8 Å². The Kier molecular flexibility index (Phi) is 6.33. The molecule has 0 aliphatic rings. The molecule has 3 amide bonds. The van der Waals surface area contributed by atoms with Gasteiger partial charge in [0, 0.05) is 31.5 Å². The van der Waals surface area contributed by atoms with E-state index in [0.29, 0.717) is 12.2 Å². The lowest BCUT2D eigenvalue weighted by atomic mass is 10.2. The molecule has 0 radical (unpaired) electrons. The van der Waals surface area contributed by atoms with Crippen LogP contribution in [0.25, 0.3) is 0 Å². The van der Waals surface area contributed by atoms with Crippen LogP contribution < -0.4 is 16.4 Å². The van der Waals surface area contributed by atoms with Crippen molar-refractivity contribution in [3.8, 4) is 0 Å². The van der Waals surface area contributed by atoms with E-state index in [1.54, 1.807) is 7.05 Å². The fraction of sp³-hybridized carbons (Fsp3) is 0.222. The fourth-order valence-corrected chi connectivity index (χ4v) is 2.22. The molecule has 0 aliphatic carbocycles. The van der Waals surface area contributed by atoms with Crippen molar-refractivity contribution in [3.05, 3.63) is 59.9 Å². The number of nitrogens with one attached hydrogen (secondary N) is 2. The van der Waals surface area contributed by atoms with Crippen LogP contribution in [-0.4, -0.2) is 37.0 Å². The van der Waals surface area contributed by atoms with Gasteiger partial charge < -0.3 is 21.3 Å². The summed E-state index contributed by atoms with van der Waals surface area (Å²) in [5.41, 5.74) is 6.18. The van der Waals surface area contributed by atoms with Crippen molar-refractivity contribution in [2.24, 2.45) is 5.73 Å². The first-order valence-corrected chi connectivity index (χ1v) is 7.88. The number of amides is 3. The molecule has 7 heteroatoms. The molecule has 2 rings (SSSR count). The molecule has 0 heterocycles. The number of carbonyl (C=O) groups is 2. The Morgan fingerprint density at radius 2 is 1.84 bits per heavy atom. The number of benzene rings is 2. The first-order valence-electron chi connectivity index (χ1n) is 7.88. The predicted molar refractivity (Wildman–Crippen MR) is 96.1 cm³/mol. The quantitative estimate of drug-likeness (QED) is 0.675. The van der Waals surface area contributed by atoms with E-state index < -0.39 is 11.7 Å². The van der Waals surface area contributed by atoms with Crippen LogP contribution in [-0.2, 0) is 0 Å². The van der Waals surface area contributed by atoms with Gasteiger partial charge in [0.05, 0.1) is 5.56 Å². The SMILES string of the molecule is CN(CCCNc1ccccc1)C(=O)Nc1ccc(F)c(C(N)=O)c1. The number of nitrogens with zero attached hydrogens (tertiary/aromatic N) is 1. The molecular formula is C18H21FN4O2. The van der Waals surface area contributed by atoms with Crippen LogP contribution in [0.3, 0.4) is 0 Å². The van der Waals surface area contributed by atoms with Crippen LogP contribution in [0.4, 0.5) is 20.6 Å². The van der Waals surface area contributed by atoms with Crippen molar-refractivity contribution in [1.29, 1.82) is 0 Å². The average Bonchev–Trinajstić information content (AvgIpc) is 2.60. The van der Waals surface area contributed by atoms with Gasteiger partial charge in [0.2, 0.25) is 0 Å². The Balaban J connectivity index is 1.80. The topological polar surface area (TPSA) is 87.5 Å². The van der Waals surface area contributed by atoms with E-state index >= 15 is 0 Å². The molecule has 6 nitrogen and oxygen atoms in total. The maximum Gasteiger partial charge on any atom is 0.321 e. The van der Waals surface area contributed by atoms with Gasteiger partial charge in [-0.05, 0) is 36.8 Å². The highest BCUT2D eigenvalue weighted by Gasteiger charge is 2.12. The summed E-state index contributed by atoms with van der Waals surface area (Å²) in [5.74, 6) is -1.60. The van der Waals surface area contributed by atoms with E-state index in [2.05, 4.69) is 10.6 Å². The van der Waals surface area contributed by atoms with E-state index in [9.17, 15) is 14.0 Å². The van der Waals surface area contributed by atoms with Crippen LogP contribution in [0, 0.1) is 5.82 Å². The average molecular weight is 344 g/mol. The summed E-state index contributed by atoms with van der Waals surface area (Å²) >= 11 is 0. The van der Waals surface area contributed by atoms with E-state index in [1.165, 1.54) is 17.0 Å². The van der Waals surface area contributed by atoms with Gasteiger partial charge in [-0.1, -0.05) is 18.2 Å². The molecule has 2 aromatic carbocycles. The van der Waals surface area contributed by atoms with E-state index in [-0.39, 0.29) is 11.6 Å². The number of hydrogen-bond acceptors (Lipinski definition) is 3. The third-order valence-electron chi connectivity index (χ3n) is 3.60. The third kappa shape index (κ3) is 5.49. The first kappa shape index (κ1) is 18.3. The lowest BCUT2D eigenvalue weighted by Gasteiger charge is -2.18. The molecule has 4 N–H and O–H groups in total. The Bertz CT molecular complexity index is 737. The summed E-state index contributed by atoms with van der Waals surface area (Å²) in [6.07, 6.45) is 0.759. The molecular weight excluding hydrogens is 323 g/mol. The van der Waals surface area contributed by atoms with Gasteiger partial charge in [-0.25, -0.2) is 9.18 Å². The molecule has 0 spiro atoms. The zero-order valence-electron chi connectivity index (χ0n) is 14.0. The van der Waals surface area contributed by atoms with Gasteiger partial charge in [0.1, 0.15) is 5.82 Å². The van der Waals surface area contributed by atoms with Crippen molar-refractivity contribution in [2.75, 3.05) is 30.8 Å². The van der Waals surface area contributed by atoms with Crippen molar-refractivity contribution < 1.29 is 14.0 Å². The highest BCUT2D eigenvalue weighted by molar-refractivity contribution is 5.96. The molecule has 0 aliphatic heterocycles. The van der Waals surface area contributed by atoms with E-state index in [0.717, 1.165) is 24.7 Å². The summed E-state index contributed by atoms with van der Waals surface area (Å²) in [7, 11) is 1.66. The van der Waals surface area contributed by atoms with Crippen molar-refractivity contribution >= 4 is 23.3 Å². The van der Waals surface area contributed by atoms with Crippen LogP contribution >= 0.6 is 0 Å². The van der Waals surface area contributed by atoms with Crippen LogP contribution in [0.5, 0.6) is 0 Å². The minimum atomic E-state index is -0.881. The highest BCUT2D eigenvalue weighted by Crippen LogP contribution is 2.15. The summed E-state index contributed by atoms with van der Waals surface area (Å²) in [4.78, 5) is 24.8. The normalized spacial score (nSPS) is 10.2. The molecule has 0 unspecified atom stereocenters. The standard InChI is InChI=1S/C18H21FN4O2/c1-23(11-5-10-21-13-6-3-2-4-7-13)18(25)22-14-8-9-16(19)15(12-14)17(20)24/h2-4,6-9,12,21H,5,10-11H2,1H3,(H2,20,24)(H,22,25). The molecule has 2 aromatic rings. The van der Waals surface area contributed by atoms with Gasteiger partial charge >= 0.3 is 6.03 Å². The summed E-state index contributed by atoms with van der Waals surface area (Å²) in [6, 6.07) is 13.1. The van der Waals surface area contributed by atoms with Gasteiger partial charge in [-0.15, -0.1) is 0 Å². The Labute approximate surface area is 145 Å². The lowest BCUT2D eigenvalue weighted by Crippen LogP contribution is -2.33. The van der Waals surface area contributed by atoms with E-state index in [4.69, 9.17) is 5.73 Å². The first-order chi connectivity index (χ1) is 12.0. The molecule has 0 bridgehead atoms. The number of rotatable bonds is 7.